The molecule has 5 heterocycles. The van der Waals surface area contributed by atoms with Crippen molar-refractivity contribution >= 4 is 69.7 Å². The molecule has 9 heteroatoms. The lowest BCUT2D eigenvalue weighted by molar-refractivity contribution is 0.311. The van der Waals surface area contributed by atoms with Gasteiger partial charge in [-0.05, 0) is 70.8 Å². The zero-order valence-corrected chi connectivity index (χ0v) is 33.3. The first-order valence-electron chi connectivity index (χ1n) is 19.6. The Morgan fingerprint density at radius 3 is 1.02 bits per heavy atom. The Morgan fingerprint density at radius 2 is 0.633 bits per heavy atom. The number of hydrogen-bond donors (Lipinski definition) is 0. The van der Waals surface area contributed by atoms with Crippen molar-refractivity contribution in [1.82, 2.24) is 24.9 Å². The van der Waals surface area contributed by atoms with E-state index in [1.165, 1.54) is 22.3 Å². The second kappa shape index (κ2) is 16.6. The van der Waals surface area contributed by atoms with E-state index in [4.69, 9.17) is 11.4 Å². The Morgan fingerprint density at radius 1 is 0.283 bits per heavy atom. The van der Waals surface area contributed by atoms with Crippen LogP contribution >= 0.6 is 0 Å². The molecule has 0 aliphatic carbocycles. The molecule has 11 aromatic rings. The second-order valence-electron chi connectivity index (χ2n) is 13.9. The van der Waals surface area contributed by atoms with Crippen molar-refractivity contribution in [2.45, 2.75) is 0 Å². The summed E-state index contributed by atoms with van der Waals surface area (Å²) in [5, 5.41) is 5.19. The number of benzene rings is 6. The minimum atomic E-state index is -2.86. The zero-order chi connectivity index (χ0) is 40.1. The average Bonchev–Trinajstić information content (AvgIpc) is 3.32. The van der Waals surface area contributed by atoms with Crippen LogP contribution in [0.3, 0.4) is 0 Å². The van der Waals surface area contributed by atoms with E-state index < -0.39 is 15.1 Å². The smallest absolute Gasteiger partial charge is 0.576 e. The Balaban J connectivity index is 0.000000149. The van der Waals surface area contributed by atoms with Crippen LogP contribution in [0.2, 0.25) is 0 Å². The lowest BCUT2D eigenvalue weighted by atomic mass is 9.97. The molecule has 8 nitrogen and oxygen atoms in total. The predicted octanol–water partition coefficient (Wildman–Crippen LogP) is 12.0. The molecule has 5 aromatic heterocycles. The zero-order valence-electron chi connectivity index (χ0n) is 32.2. The monoisotopic (exact) mass is 791 g/mol. The van der Waals surface area contributed by atoms with E-state index in [9.17, 15) is 0 Å². The lowest BCUT2D eigenvalue weighted by Crippen LogP contribution is -2.37. The summed E-state index contributed by atoms with van der Waals surface area (Å²) >= 11 is -2.86. The van der Waals surface area contributed by atoms with Gasteiger partial charge in [0.1, 0.15) is 33.8 Å². The van der Waals surface area contributed by atoms with E-state index in [2.05, 4.69) is 97.7 Å². The van der Waals surface area contributed by atoms with Crippen LogP contribution < -0.4 is 11.4 Å². The normalized spacial score (nSPS) is 11.0. The number of para-hydroxylation sites is 3. The summed E-state index contributed by atoms with van der Waals surface area (Å²) in [7, 11) is 0. The summed E-state index contributed by atoms with van der Waals surface area (Å²) in [6.45, 7) is 0. The van der Waals surface area contributed by atoms with Gasteiger partial charge in [0.25, 0.3) is 0 Å². The molecular formula is C51H34AlN5O3. The standard InChI is InChI=1S/C24H16N2.3C9H7NO.Al/c1-3-7-17(8-4-1)19-13-15-25-23-21(19)11-12-22-20(14-16-26-24(22)23)18-9-5-2-6-10-18;3*11-8-5-1-3-7-4-2-6-10-9(7)8;/h1-16H;3*1-6,11H;/q;;;;+3/p-3. The fourth-order valence-corrected chi connectivity index (χ4v) is 8.80. The van der Waals surface area contributed by atoms with Gasteiger partial charge in [-0.25, -0.2) is 0 Å². The number of fused-ring (bicyclic) bond motifs is 6. The summed E-state index contributed by atoms with van der Waals surface area (Å²) in [5.74, 6) is 1.82. The average molecular weight is 792 g/mol. The highest BCUT2D eigenvalue weighted by Crippen LogP contribution is 2.35. The summed E-state index contributed by atoms with van der Waals surface area (Å²) in [5.41, 5.74) is 8.90. The van der Waals surface area contributed by atoms with E-state index >= 15 is 0 Å². The van der Waals surface area contributed by atoms with Crippen molar-refractivity contribution in [1.29, 1.82) is 0 Å². The first-order valence-corrected chi connectivity index (χ1v) is 21.0. The molecule has 0 atom stereocenters. The highest BCUT2D eigenvalue weighted by atomic mass is 27.3. The Labute approximate surface area is 350 Å². The first-order chi connectivity index (χ1) is 29.8. The maximum atomic E-state index is 6.41. The highest BCUT2D eigenvalue weighted by Gasteiger charge is 2.46. The van der Waals surface area contributed by atoms with Gasteiger partial charge in [-0.2, -0.15) is 0 Å². The van der Waals surface area contributed by atoms with Crippen LogP contribution in [0.4, 0.5) is 0 Å². The van der Waals surface area contributed by atoms with Gasteiger partial charge in [-0.3, -0.25) is 24.9 Å². The molecule has 11 rings (SSSR count). The molecule has 0 saturated carbocycles. The Hall–Kier alpha value is -7.70. The van der Waals surface area contributed by atoms with Gasteiger partial charge in [0.05, 0.1) is 11.0 Å². The molecule has 0 fully saturated rings. The van der Waals surface area contributed by atoms with E-state index in [1.807, 2.05) is 116 Å². The van der Waals surface area contributed by atoms with Gasteiger partial charge in [0.15, 0.2) is 0 Å². The summed E-state index contributed by atoms with van der Waals surface area (Å²) in [4.78, 5) is 22.9. The molecule has 0 bridgehead atoms. The SMILES string of the molecule is c1ccc(-c2ccnc3c2ccc2c(-c4ccccc4)ccnc23)cc1.c1cnc2c([O][Al]([O]c3cccc4cccnc34)[O]c3cccc4cccnc34)cccc2c1. The van der Waals surface area contributed by atoms with Crippen LogP contribution in [0.25, 0.3) is 76.8 Å². The Bertz CT molecular complexity index is 2970. The van der Waals surface area contributed by atoms with Crippen LogP contribution in [0.5, 0.6) is 17.2 Å². The third kappa shape index (κ3) is 7.43. The molecule has 0 amide bonds. The third-order valence-corrected chi connectivity index (χ3v) is 11.6. The molecule has 6 aromatic carbocycles. The molecule has 0 aliphatic heterocycles. The summed E-state index contributed by atoms with van der Waals surface area (Å²) in [6, 6.07) is 58.5. The number of pyridine rings is 5. The third-order valence-electron chi connectivity index (χ3n) is 10.2. The molecular weight excluding hydrogens is 758 g/mol. The van der Waals surface area contributed by atoms with E-state index in [1.54, 1.807) is 18.6 Å². The van der Waals surface area contributed by atoms with Crippen LogP contribution in [0, 0.1) is 0 Å². The van der Waals surface area contributed by atoms with Crippen LogP contribution in [0.15, 0.2) is 207 Å². The fourth-order valence-electron chi connectivity index (χ4n) is 7.46. The van der Waals surface area contributed by atoms with Gasteiger partial charge in [-0.15, -0.1) is 0 Å². The van der Waals surface area contributed by atoms with Crippen molar-refractivity contribution in [2.75, 3.05) is 0 Å². The van der Waals surface area contributed by atoms with Gasteiger partial charge < -0.3 is 11.4 Å². The number of nitrogens with zero attached hydrogens (tertiary/aromatic N) is 5. The van der Waals surface area contributed by atoms with E-state index in [0.29, 0.717) is 17.2 Å². The molecule has 0 unspecified atom stereocenters. The predicted molar refractivity (Wildman–Crippen MR) is 241 cm³/mol. The summed E-state index contributed by atoms with van der Waals surface area (Å²) in [6.07, 6.45) is 8.99. The van der Waals surface area contributed by atoms with Crippen LogP contribution in [-0.2, 0) is 0 Å². The first kappa shape index (κ1) is 36.6. The largest absolute Gasteiger partial charge is 1.20 e. The van der Waals surface area contributed by atoms with Crippen molar-refractivity contribution in [3.63, 3.8) is 0 Å². The van der Waals surface area contributed by atoms with E-state index in [0.717, 1.165) is 54.5 Å². The molecule has 0 N–H and O–H groups in total. The number of hydrogen-bond acceptors (Lipinski definition) is 8. The van der Waals surface area contributed by atoms with Gasteiger partial charge >= 0.3 is 15.1 Å². The Kier molecular flexibility index (Phi) is 10.2. The van der Waals surface area contributed by atoms with Crippen LogP contribution in [0.1, 0.15) is 0 Å². The van der Waals surface area contributed by atoms with Crippen LogP contribution in [-0.4, -0.2) is 40.1 Å². The molecule has 0 spiro atoms. The van der Waals surface area contributed by atoms with Gasteiger partial charge in [0.2, 0.25) is 0 Å². The molecule has 284 valence electrons. The minimum Gasteiger partial charge on any atom is -0.576 e. The maximum absolute atomic E-state index is 6.41. The lowest BCUT2D eigenvalue weighted by Gasteiger charge is -2.18. The van der Waals surface area contributed by atoms with Crippen molar-refractivity contribution < 1.29 is 11.4 Å². The minimum absolute atomic E-state index is 0.608. The van der Waals surface area contributed by atoms with Gasteiger partial charge in [-0.1, -0.05) is 127 Å². The highest BCUT2D eigenvalue weighted by molar-refractivity contribution is 6.40. The topological polar surface area (TPSA) is 92.1 Å². The number of aromatic nitrogens is 5. The van der Waals surface area contributed by atoms with E-state index in [-0.39, 0.29) is 0 Å². The quantitative estimate of drug-likeness (QED) is 0.111. The second-order valence-corrected chi connectivity index (χ2v) is 15.2. The maximum Gasteiger partial charge on any atom is 1.20 e. The molecule has 0 saturated heterocycles. The van der Waals surface area contributed by atoms with Crippen molar-refractivity contribution in [2.24, 2.45) is 0 Å². The molecule has 60 heavy (non-hydrogen) atoms. The van der Waals surface area contributed by atoms with Crippen molar-refractivity contribution in [3.8, 4) is 39.5 Å². The molecule has 0 radical (unpaired) electrons. The van der Waals surface area contributed by atoms with Crippen molar-refractivity contribution in [3.05, 3.63) is 207 Å². The fraction of sp³-hybridized carbons (Fsp3) is 0. The summed E-state index contributed by atoms with van der Waals surface area (Å²) < 4.78 is 19.2. The van der Waals surface area contributed by atoms with Gasteiger partial charge in [0, 0.05) is 57.9 Å². The number of rotatable bonds is 8. The molecule has 0 aliphatic rings.